The molecule has 0 saturated heterocycles. The van der Waals surface area contributed by atoms with E-state index in [1.165, 1.54) is 10.4 Å². The molecule has 8 heteroatoms. The first kappa shape index (κ1) is 24.4. The molecule has 28 heavy (non-hydrogen) atoms. The van der Waals surface area contributed by atoms with Crippen LogP contribution in [0.3, 0.4) is 0 Å². The van der Waals surface area contributed by atoms with Crippen LogP contribution in [0.5, 0.6) is 0 Å². The molecule has 1 aromatic carbocycles. The predicted octanol–water partition coefficient (Wildman–Crippen LogP) is 3.25. The van der Waals surface area contributed by atoms with E-state index in [0.717, 1.165) is 17.8 Å². The van der Waals surface area contributed by atoms with E-state index in [-0.39, 0.29) is 42.5 Å². The summed E-state index contributed by atoms with van der Waals surface area (Å²) in [7, 11) is 3.47. The third-order valence-electron chi connectivity index (χ3n) is 4.11. The van der Waals surface area contributed by atoms with Crippen molar-refractivity contribution in [3.8, 4) is 0 Å². The van der Waals surface area contributed by atoms with Gasteiger partial charge in [-0.05, 0) is 18.9 Å². The molecule has 1 heterocycles. The fourth-order valence-electron chi connectivity index (χ4n) is 2.39. The number of aliphatic imine (C=N–C) groups is 1. The van der Waals surface area contributed by atoms with Crippen molar-refractivity contribution in [3.63, 3.8) is 0 Å². The molecule has 154 valence electrons. The lowest BCUT2D eigenvalue weighted by Gasteiger charge is -2.19. The summed E-state index contributed by atoms with van der Waals surface area (Å²) in [5.41, 5.74) is 1.17. The van der Waals surface area contributed by atoms with E-state index in [2.05, 4.69) is 46.6 Å². The summed E-state index contributed by atoms with van der Waals surface area (Å²) in [5.74, 6) is 0.602. The molecule has 2 rings (SSSR count). The first-order chi connectivity index (χ1) is 13.0. The third kappa shape index (κ3) is 8.14. The van der Waals surface area contributed by atoms with E-state index in [0.29, 0.717) is 12.5 Å². The fourth-order valence-corrected chi connectivity index (χ4v) is 3.25. The van der Waals surface area contributed by atoms with Crippen LogP contribution in [0.1, 0.15) is 35.3 Å². The molecule has 1 atom stereocenters. The number of guanidine groups is 1. The van der Waals surface area contributed by atoms with Crippen molar-refractivity contribution in [2.24, 2.45) is 4.99 Å². The zero-order chi connectivity index (χ0) is 19.6. The second-order valence-electron chi connectivity index (χ2n) is 6.48. The number of carbonyl (C=O) groups is 1. The lowest BCUT2D eigenvalue weighted by atomic mass is 10.1. The zero-order valence-corrected chi connectivity index (χ0v) is 20.1. The normalized spacial score (nSPS) is 12.1. The van der Waals surface area contributed by atoms with Crippen LogP contribution in [-0.4, -0.2) is 48.9 Å². The minimum atomic E-state index is -0.0315. The highest BCUT2D eigenvalue weighted by Gasteiger charge is 2.10. The number of amides is 1. The molecular formula is C20H30IN5OS. The summed E-state index contributed by atoms with van der Waals surface area (Å²) >= 11 is 1.75. The van der Waals surface area contributed by atoms with Crippen LogP contribution in [0.2, 0.25) is 0 Å². The molecule has 1 aromatic heterocycles. The molecule has 0 saturated carbocycles. The van der Waals surface area contributed by atoms with E-state index in [1.54, 1.807) is 30.3 Å². The Morgan fingerprint density at radius 3 is 2.61 bits per heavy atom. The summed E-state index contributed by atoms with van der Waals surface area (Å²) in [6.45, 7) is 5.03. The SMILES string of the molecule is CCc1cnc(CCNC(=NCC(=O)N(C)C)NC(C)c2ccccc2)s1.I. The van der Waals surface area contributed by atoms with Gasteiger partial charge < -0.3 is 15.5 Å². The van der Waals surface area contributed by atoms with E-state index in [9.17, 15) is 4.79 Å². The Kier molecular flexibility index (Phi) is 11.1. The minimum Gasteiger partial charge on any atom is -0.356 e. The highest BCUT2D eigenvalue weighted by molar-refractivity contribution is 14.0. The predicted molar refractivity (Wildman–Crippen MR) is 128 cm³/mol. The summed E-state index contributed by atoms with van der Waals surface area (Å²) in [4.78, 5) is 23.6. The van der Waals surface area contributed by atoms with Crippen molar-refractivity contribution in [2.45, 2.75) is 32.7 Å². The van der Waals surface area contributed by atoms with Crippen molar-refractivity contribution in [3.05, 3.63) is 52.0 Å². The van der Waals surface area contributed by atoms with Gasteiger partial charge >= 0.3 is 0 Å². The molecule has 0 radical (unpaired) electrons. The van der Waals surface area contributed by atoms with Crippen molar-refractivity contribution >= 4 is 47.2 Å². The second-order valence-corrected chi connectivity index (χ2v) is 7.68. The number of nitrogens with one attached hydrogen (secondary N) is 2. The van der Waals surface area contributed by atoms with Gasteiger partial charge in [-0.1, -0.05) is 37.3 Å². The van der Waals surface area contributed by atoms with Crippen molar-refractivity contribution in [2.75, 3.05) is 27.2 Å². The molecular weight excluding hydrogens is 485 g/mol. The van der Waals surface area contributed by atoms with Crippen molar-refractivity contribution in [1.29, 1.82) is 0 Å². The number of hydrogen-bond donors (Lipinski definition) is 2. The molecule has 1 amide bonds. The molecule has 0 aliphatic carbocycles. The number of likely N-dealkylation sites (N-methyl/N-ethyl adjacent to an activating group) is 1. The Bertz CT molecular complexity index is 748. The minimum absolute atomic E-state index is 0. The van der Waals surface area contributed by atoms with Gasteiger partial charge in [0.15, 0.2) is 5.96 Å². The van der Waals surface area contributed by atoms with E-state index in [4.69, 9.17) is 0 Å². The highest BCUT2D eigenvalue weighted by atomic mass is 127. The number of hydrogen-bond acceptors (Lipinski definition) is 4. The van der Waals surface area contributed by atoms with Gasteiger partial charge in [0.25, 0.3) is 0 Å². The molecule has 2 N–H and O–H groups in total. The molecule has 2 aromatic rings. The Morgan fingerprint density at radius 2 is 2.00 bits per heavy atom. The molecule has 0 spiro atoms. The maximum Gasteiger partial charge on any atom is 0.243 e. The van der Waals surface area contributed by atoms with Gasteiger partial charge in [0, 0.05) is 38.1 Å². The van der Waals surface area contributed by atoms with Crippen LogP contribution in [0.25, 0.3) is 0 Å². The van der Waals surface area contributed by atoms with E-state index in [1.807, 2.05) is 24.4 Å². The monoisotopic (exact) mass is 515 g/mol. The molecule has 0 bridgehead atoms. The van der Waals surface area contributed by atoms with E-state index >= 15 is 0 Å². The quantitative estimate of drug-likeness (QED) is 0.322. The lowest BCUT2D eigenvalue weighted by Crippen LogP contribution is -2.40. The summed E-state index contributed by atoms with van der Waals surface area (Å²) < 4.78 is 0. The number of benzene rings is 1. The second kappa shape index (κ2) is 12.7. The van der Waals surface area contributed by atoms with Gasteiger partial charge in [-0.25, -0.2) is 9.98 Å². The Hall–Kier alpha value is -1.68. The number of halogens is 1. The zero-order valence-electron chi connectivity index (χ0n) is 16.9. The van der Waals surface area contributed by atoms with Crippen molar-refractivity contribution < 1.29 is 4.79 Å². The first-order valence-electron chi connectivity index (χ1n) is 9.23. The molecule has 0 aliphatic rings. The third-order valence-corrected chi connectivity index (χ3v) is 5.31. The van der Waals surface area contributed by atoms with Gasteiger partial charge in [-0.2, -0.15) is 0 Å². The number of nitrogens with zero attached hydrogens (tertiary/aromatic N) is 3. The van der Waals surface area contributed by atoms with Crippen molar-refractivity contribution in [1.82, 2.24) is 20.5 Å². The Labute approximate surface area is 188 Å². The maximum atomic E-state index is 11.9. The Balaban J connectivity index is 0.00000392. The van der Waals surface area contributed by atoms with Crippen LogP contribution in [0, 0.1) is 0 Å². The molecule has 0 fully saturated rings. The van der Waals surface area contributed by atoms with Gasteiger partial charge in [0.2, 0.25) is 5.91 Å². The number of aromatic nitrogens is 1. The number of carbonyl (C=O) groups excluding carboxylic acids is 1. The highest BCUT2D eigenvalue weighted by Crippen LogP contribution is 2.13. The average molecular weight is 515 g/mol. The topological polar surface area (TPSA) is 69.6 Å². The standard InChI is InChI=1S/C20H29N5OS.HI/c1-5-17-13-22-18(27-17)11-12-21-20(23-14-19(26)25(3)4)24-15(2)16-9-7-6-8-10-16;/h6-10,13,15H,5,11-12,14H2,1-4H3,(H2,21,23,24);1H. The van der Waals surface area contributed by atoms with Gasteiger partial charge in [-0.3, -0.25) is 4.79 Å². The maximum absolute atomic E-state index is 11.9. The van der Waals surface area contributed by atoms with Gasteiger partial charge in [0.1, 0.15) is 6.54 Å². The van der Waals surface area contributed by atoms with Crippen LogP contribution >= 0.6 is 35.3 Å². The van der Waals surface area contributed by atoms with Crippen LogP contribution in [0.4, 0.5) is 0 Å². The van der Waals surface area contributed by atoms with Crippen LogP contribution in [-0.2, 0) is 17.6 Å². The van der Waals surface area contributed by atoms with Crippen LogP contribution in [0.15, 0.2) is 41.5 Å². The van der Waals surface area contributed by atoms with Crippen LogP contribution < -0.4 is 10.6 Å². The number of aryl methyl sites for hydroxylation is 1. The molecule has 1 unspecified atom stereocenters. The first-order valence-corrected chi connectivity index (χ1v) is 10.0. The smallest absolute Gasteiger partial charge is 0.243 e. The lowest BCUT2D eigenvalue weighted by molar-refractivity contribution is -0.127. The molecule has 0 aliphatic heterocycles. The summed E-state index contributed by atoms with van der Waals surface area (Å²) in [6.07, 6.45) is 3.79. The van der Waals surface area contributed by atoms with Gasteiger partial charge in [-0.15, -0.1) is 35.3 Å². The van der Waals surface area contributed by atoms with Gasteiger partial charge in [0.05, 0.1) is 11.0 Å². The van der Waals surface area contributed by atoms with E-state index < -0.39 is 0 Å². The molecule has 6 nitrogen and oxygen atoms in total. The number of thiazole rings is 1. The Morgan fingerprint density at radius 1 is 1.29 bits per heavy atom. The number of rotatable bonds is 8. The fraction of sp³-hybridized carbons (Fsp3) is 0.450. The average Bonchev–Trinajstić information content (AvgIpc) is 3.14. The summed E-state index contributed by atoms with van der Waals surface area (Å²) in [5, 5.41) is 7.82. The largest absolute Gasteiger partial charge is 0.356 e. The summed E-state index contributed by atoms with van der Waals surface area (Å²) in [6, 6.07) is 10.3.